The molecule has 5 aromatic rings. The summed E-state index contributed by atoms with van der Waals surface area (Å²) in [5.41, 5.74) is 12.3. The zero-order chi connectivity index (χ0) is 29.6. The molecule has 1 N–H and O–H groups in total. The summed E-state index contributed by atoms with van der Waals surface area (Å²) in [7, 11) is 0. The highest BCUT2D eigenvalue weighted by atomic mass is 16.5. The first-order valence-corrected chi connectivity index (χ1v) is 15.8. The van der Waals surface area contributed by atoms with E-state index in [4.69, 9.17) is 9.72 Å². The summed E-state index contributed by atoms with van der Waals surface area (Å²) in [5, 5.41) is 0.990. The third kappa shape index (κ3) is 5.00. The third-order valence-electron chi connectivity index (χ3n) is 9.69. The summed E-state index contributed by atoms with van der Waals surface area (Å²) in [6.07, 6.45) is 6.25. The number of H-pyrrole nitrogens is 1. The molecule has 3 aliphatic rings. The Morgan fingerprint density at radius 2 is 1.82 bits per heavy atom. The van der Waals surface area contributed by atoms with Crippen LogP contribution in [0.15, 0.2) is 73.1 Å². The Hall–Kier alpha value is -4.33. The van der Waals surface area contributed by atoms with Crippen LogP contribution in [0.4, 0.5) is 5.69 Å². The topological polar surface area (TPSA) is 74.4 Å². The fourth-order valence-electron chi connectivity index (χ4n) is 7.07. The van der Waals surface area contributed by atoms with E-state index < -0.39 is 0 Å². The lowest BCUT2D eigenvalue weighted by atomic mass is 9.89. The molecule has 1 saturated heterocycles. The summed E-state index contributed by atoms with van der Waals surface area (Å²) in [6, 6.07) is 23.8. The summed E-state index contributed by atoms with van der Waals surface area (Å²) in [6.45, 7) is 7.47. The van der Waals surface area contributed by atoms with Crippen LogP contribution in [0.25, 0.3) is 33.5 Å². The lowest BCUT2D eigenvalue weighted by Gasteiger charge is -2.37. The highest BCUT2D eigenvalue weighted by molar-refractivity contribution is 5.95. The number of carbonyl (C=O) groups excluding carboxylic acids is 1. The summed E-state index contributed by atoms with van der Waals surface area (Å²) in [5.74, 6) is 0.713. The van der Waals surface area contributed by atoms with Gasteiger partial charge in [-0.2, -0.15) is 0 Å². The van der Waals surface area contributed by atoms with Crippen molar-refractivity contribution in [2.75, 3.05) is 37.7 Å². The highest BCUT2D eigenvalue weighted by Gasteiger charge is 2.31. The molecule has 8 rings (SSSR count). The number of morpholine rings is 1. The second-order valence-corrected chi connectivity index (χ2v) is 12.5. The van der Waals surface area contributed by atoms with Gasteiger partial charge in [-0.15, -0.1) is 0 Å². The fourth-order valence-corrected chi connectivity index (χ4v) is 7.07. The Morgan fingerprint density at radius 3 is 2.61 bits per heavy atom. The number of anilines is 1. The van der Waals surface area contributed by atoms with E-state index in [9.17, 15) is 4.79 Å². The number of ether oxygens (including phenoxy) is 1. The number of hydrogen-bond donors (Lipinski definition) is 1. The van der Waals surface area contributed by atoms with E-state index in [1.165, 1.54) is 29.5 Å². The molecule has 1 aliphatic carbocycles. The van der Waals surface area contributed by atoms with Crippen molar-refractivity contribution < 1.29 is 9.53 Å². The van der Waals surface area contributed by atoms with Crippen LogP contribution in [0.5, 0.6) is 0 Å². The molecule has 0 spiro atoms. The van der Waals surface area contributed by atoms with Crippen LogP contribution in [0.1, 0.15) is 52.6 Å². The van der Waals surface area contributed by atoms with Gasteiger partial charge < -0.3 is 19.4 Å². The highest BCUT2D eigenvalue weighted by Crippen LogP contribution is 2.43. The van der Waals surface area contributed by atoms with Gasteiger partial charge in [-0.05, 0) is 77.6 Å². The number of benzene rings is 3. The van der Waals surface area contributed by atoms with Crippen LogP contribution >= 0.6 is 0 Å². The smallest absolute Gasteiger partial charge is 0.146 e. The monoisotopic (exact) mass is 583 g/mol. The molecule has 7 heteroatoms. The predicted molar refractivity (Wildman–Crippen MR) is 174 cm³/mol. The van der Waals surface area contributed by atoms with Crippen molar-refractivity contribution in [1.29, 1.82) is 0 Å². The first kappa shape index (κ1) is 27.2. The van der Waals surface area contributed by atoms with E-state index in [0.717, 1.165) is 102 Å². The average Bonchev–Trinajstić information content (AvgIpc) is 3.83. The van der Waals surface area contributed by atoms with Crippen LogP contribution < -0.4 is 4.90 Å². The molecule has 1 saturated carbocycles. The number of carbonyl (C=O) groups is 1. The van der Waals surface area contributed by atoms with Gasteiger partial charge in [-0.3, -0.25) is 4.90 Å². The standard InChI is InChI=1S/C37H37N5O2/c1-24-30(3-2-4-34(24)42-14-13-29-19-28(26-9-10-26)11-12-31(29)35(42)22-43)36-32-20-33(40-37(32)39-23-38-36)27-7-5-25(6-8-27)21-41-15-17-44-18-16-41/h2-8,11-12,19-20,22-23,26,35H,9-10,13-18,21H2,1H3,(H,38,39,40). The van der Waals surface area contributed by atoms with Crippen LogP contribution in [-0.4, -0.2) is 59.0 Å². The molecule has 2 aliphatic heterocycles. The number of aromatic amines is 1. The molecule has 1 atom stereocenters. The van der Waals surface area contributed by atoms with E-state index in [2.05, 4.69) is 93.4 Å². The van der Waals surface area contributed by atoms with Crippen LogP contribution in [0.2, 0.25) is 0 Å². The Balaban J connectivity index is 1.10. The molecule has 1 unspecified atom stereocenters. The minimum Gasteiger partial charge on any atom is -0.379 e. The van der Waals surface area contributed by atoms with Gasteiger partial charge in [0.05, 0.1) is 18.9 Å². The summed E-state index contributed by atoms with van der Waals surface area (Å²) >= 11 is 0. The first-order chi connectivity index (χ1) is 21.7. The zero-order valence-corrected chi connectivity index (χ0v) is 25.1. The maximum Gasteiger partial charge on any atom is 0.146 e. The zero-order valence-electron chi connectivity index (χ0n) is 25.1. The maximum atomic E-state index is 12.6. The molecule has 7 nitrogen and oxygen atoms in total. The minimum absolute atomic E-state index is 0.295. The molecule has 4 heterocycles. The lowest BCUT2D eigenvalue weighted by molar-refractivity contribution is -0.109. The van der Waals surface area contributed by atoms with Gasteiger partial charge in [0.25, 0.3) is 0 Å². The number of hydrogen-bond acceptors (Lipinski definition) is 6. The molecule has 0 bridgehead atoms. The number of nitrogens with zero attached hydrogens (tertiary/aromatic N) is 4. The SMILES string of the molecule is Cc1c(-c2ncnc3[nH]c(-c4ccc(CN5CCOCC5)cc4)cc23)cccc1N1CCc2cc(C3CC3)ccc2C1C=O. The Kier molecular flexibility index (Phi) is 7.00. The largest absolute Gasteiger partial charge is 0.379 e. The minimum atomic E-state index is -0.295. The molecule has 0 amide bonds. The molecule has 222 valence electrons. The quantitative estimate of drug-likeness (QED) is 0.217. The summed E-state index contributed by atoms with van der Waals surface area (Å²) in [4.78, 5) is 30.2. The van der Waals surface area contributed by atoms with Crippen molar-refractivity contribution in [3.8, 4) is 22.5 Å². The number of aldehydes is 1. The van der Waals surface area contributed by atoms with E-state index in [-0.39, 0.29) is 6.04 Å². The Morgan fingerprint density at radius 1 is 0.977 bits per heavy atom. The van der Waals surface area contributed by atoms with Gasteiger partial charge in [0.1, 0.15) is 24.3 Å². The van der Waals surface area contributed by atoms with Crippen molar-refractivity contribution in [2.24, 2.45) is 0 Å². The van der Waals surface area contributed by atoms with Gasteiger partial charge >= 0.3 is 0 Å². The molecule has 0 radical (unpaired) electrons. The molecule has 2 aromatic heterocycles. The van der Waals surface area contributed by atoms with Gasteiger partial charge in [-0.25, -0.2) is 9.97 Å². The fraction of sp³-hybridized carbons (Fsp3) is 0.324. The lowest BCUT2D eigenvalue weighted by Crippen LogP contribution is -2.37. The van der Waals surface area contributed by atoms with Crippen LogP contribution in [0.3, 0.4) is 0 Å². The van der Waals surface area contributed by atoms with E-state index in [0.29, 0.717) is 5.92 Å². The van der Waals surface area contributed by atoms with Gasteiger partial charge in [0, 0.05) is 48.5 Å². The second kappa shape index (κ2) is 11.3. The Bertz CT molecular complexity index is 1840. The molecule has 44 heavy (non-hydrogen) atoms. The number of rotatable bonds is 7. The maximum absolute atomic E-state index is 12.6. The third-order valence-corrected chi connectivity index (χ3v) is 9.69. The Labute approximate surface area is 257 Å². The van der Waals surface area contributed by atoms with E-state index in [1.807, 2.05) is 0 Å². The number of nitrogens with one attached hydrogen (secondary N) is 1. The number of fused-ring (bicyclic) bond motifs is 2. The van der Waals surface area contributed by atoms with E-state index >= 15 is 0 Å². The predicted octanol–water partition coefficient (Wildman–Crippen LogP) is 6.61. The first-order valence-electron chi connectivity index (χ1n) is 15.8. The van der Waals surface area contributed by atoms with Crippen LogP contribution in [0, 0.1) is 6.92 Å². The number of aromatic nitrogens is 3. The molecular weight excluding hydrogens is 546 g/mol. The van der Waals surface area contributed by atoms with Gasteiger partial charge in [0.15, 0.2) is 0 Å². The molecule has 3 aromatic carbocycles. The molecular formula is C37H37N5O2. The van der Waals surface area contributed by atoms with Crippen molar-refractivity contribution >= 4 is 23.0 Å². The van der Waals surface area contributed by atoms with Gasteiger partial charge in [-0.1, -0.05) is 54.6 Å². The molecule has 2 fully saturated rings. The normalized spacial score (nSPS) is 18.8. The van der Waals surface area contributed by atoms with Crippen molar-refractivity contribution in [1.82, 2.24) is 19.9 Å². The van der Waals surface area contributed by atoms with Crippen molar-refractivity contribution in [3.63, 3.8) is 0 Å². The van der Waals surface area contributed by atoms with E-state index in [1.54, 1.807) is 6.33 Å². The van der Waals surface area contributed by atoms with Gasteiger partial charge in [0.2, 0.25) is 0 Å². The van der Waals surface area contributed by atoms with Crippen molar-refractivity contribution in [2.45, 2.75) is 44.7 Å². The van der Waals surface area contributed by atoms with Crippen molar-refractivity contribution in [3.05, 3.63) is 101 Å². The average molecular weight is 584 g/mol. The second-order valence-electron chi connectivity index (χ2n) is 12.5. The summed E-state index contributed by atoms with van der Waals surface area (Å²) < 4.78 is 5.49. The van der Waals surface area contributed by atoms with Crippen LogP contribution in [-0.2, 0) is 22.5 Å².